The lowest BCUT2D eigenvalue weighted by molar-refractivity contribution is -0.135. The molecule has 0 bridgehead atoms. The van der Waals surface area contributed by atoms with E-state index in [-0.39, 0.29) is 5.78 Å². The molecule has 0 N–H and O–H groups in total. The molecule has 0 radical (unpaired) electrons. The van der Waals surface area contributed by atoms with Gasteiger partial charge >= 0.3 is 5.97 Å². The first-order valence-corrected chi connectivity index (χ1v) is 11.1. The van der Waals surface area contributed by atoms with Crippen molar-refractivity contribution in [2.75, 3.05) is 17.0 Å². The minimum absolute atomic E-state index is 0.151. The van der Waals surface area contributed by atoms with Crippen molar-refractivity contribution in [3.63, 3.8) is 0 Å². The molecule has 6 nitrogen and oxygen atoms in total. The van der Waals surface area contributed by atoms with E-state index in [2.05, 4.69) is 5.10 Å². The predicted molar refractivity (Wildman–Crippen MR) is 124 cm³/mol. The van der Waals surface area contributed by atoms with Crippen LogP contribution in [0.5, 0.6) is 0 Å². The van der Waals surface area contributed by atoms with Gasteiger partial charge < -0.3 is 9.64 Å². The first-order valence-electron chi connectivity index (χ1n) is 9.05. The zero-order valence-corrected chi connectivity index (χ0v) is 18.8. The summed E-state index contributed by atoms with van der Waals surface area (Å²) in [6.07, 6.45) is 0. The van der Waals surface area contributed by atoms with E-state index in [1.54, 1.807) is 17.1 Å². The second kappa shape index (κ2) is 8.02. The van der Waals surface area contributed by atoms with Crippen molar-refractivity contribution >= 4 is 63.3 Å². The number of esters is 1. The summed E-state index contributed by atoms with van der Waals surface area (Å²) < 4.78 is 4.07. The quantitative estimate of drug-likeness (QED) is 0.592. The van der Waals surface area contributed by atoms with Crippen molar-refractivity contribution in [3.8, 4) is 0 Å². The highest BCUT2D eigenvalue weighted by Crippen LogP contribution is 2.60. The van der Waals surface area contributed by atoms with E-state index in [0.717, 1.165) is 11.4 Å². The molecule has 30 heavy (non-hydrogen) atoms. The molecule has 154 valence electrons. The van der Waals surface area contributed by atoms with E-state index in [1.807, 2.05) is 54.3 Å². The van der Waals surface area contributed by atoms with Crippen molar-refractivity contribution in [2.45, 2.75) is 18.2 Å². The number of nitrogens with zero attached hydrogens (tertiary/aromatic N) is 3. The summed E-state index contributed by atoms with van der Waals surface area (Å²) in [5.41, 5.74) is 2.29. The van der Waals surface area contributed by atoms with Crippen LogP contribution in [0.4, 0.5) is 11.4 Å². The van der Waals surface area contributed by atoms with Gasteiger partial charge in [0, 0.05) is 23.3 Å². The fourth-order valence-corrected chi connectivity index (χ4v) is 6.46. The number of hydrogen-bond donors (Lipinski definition) is 0. The highest BCUT2D eigenvalue weighted by Gasteiger charge is 2.57. The second-order valence-electron chi connectivity index (χ2n) is 6.58. The second-order valence-corrected chi connectivity index (χ2v) is 9.62. The average Bonchev–Trinajstić information content (AvgIpc) is 3.26. The maximum Gasteiger partial charge on any atom is 0.346 e. The van der Waals surface area contributed by atoms with Crippen molar-refractivity contribution < 1.29 is 14.3 Å². The molecule has 2 aliphatic rings. The summed E-state index contributed by atoms with van der Waals surface area (Å²) in [5, 5.41) is 7.27. The van der Waals surface area contributed by atoms with E-state index in [4.69, 9.17) is 16.3 Å². The lowest BCUT2D eigenvalue weighted by Gasteiger charge is -2.41. The molecule has 9 heteroatoms. The largest absolute Gasteiger partial charge is 0.465 e. The molecule has 4 rings (SSSR count). The lowest BCUT2D eigenvalue weighted by atomic mass is 10.2. The number of hydrazone groups is 1. The number of halogens is 1. The van der Waals surface area contributed by atoms with E-state index in [9.17, 15) is 9.59 Å². The zero-order valence-electron chi connectivity index (χ0n) is 16.5. The Morgan fingerprint density at radius 1 is 1.07 bits per heavy atom. The van der Waals surface area contributed by atoms with Crippen LogP contribution in [-0.4, -0.2) is 28.2 Å². The SMILES string of the molecule is COC(=O)C1=C(C)N(c2ccccc2)C2(SC(C(C)=O)=NN2c2cccc(Cl)c2)S1. The van der Waals surface area contributed by atoms with Crippen molar-refractivity contribution in [2.24, 2.45) is 5.10 Å². The summed E-state index contributed by atoms with van der Waals surface area (Å²) in [6, 6.07) is 16.9. The Hall–Kier alpha value is -2.42. The third kappa shape index (κ3) is 3.38. The molecular formula is C21H18ClN3O3S2. The maximum atomic E-state index is 12.6. The van der Waals surface area contributed by atoms with E-state index in [1.165, 1.54) is 37.6 Å². The maximum absolute atomic E-state index is 12.6. The fourth-order valence-electron chi connectivity index (χ4n) is 3.30. The van der Waals surface area contributed by atoms with Gasteiger partial charge in [0.15, 0.2) is 10.8 Å². The Labute approximate surface area is 187 Å². The molecule has 2 aliphatic heterocycles. The Morgan fingerprint density at radius 2 is 1.77 bits per heavy atom. The molecule has 0 fully saturated rings. The molecule has 2 heterocycles. The molecule has 2 aromatic rings. The average molecular weight is 460 g/mol. The number of para-hydroxylation sites is 1. The first-order chi connectivity index (χ1) is 14.4. The van der Waals surface area contributed by atoms with Crippen LogP contribution < -0.4 is 9.91 Å². The summed E-state index contributed by atoms with van der Waals surface area (Å²) in [7, 11) is 1.36. The Kier molecular flexibility index (Phi) is 5.57. The topological polar surface area (TPSA) is 62.2 Å². The number of carbonyl (C=O) groups excluding carboxylic acids is 2. The number of ether oxygens (including phenoxy) is 1. The number of anilines is 2. The third-order valence-electron chi connectivity index (χ3n) is 4.61. The number of benzene rings is 2. The number of rotatable bonds is 4. The van der Waals surface area contributed by atoms with Crippen LogP contribution in [-0.2, 0) is 14.3 Å². The van der Waals surface area contributed by atoms with Crippen LogP contribution >= 0.6 is 35.1 Å². The normalized spacial score (nSPS) is 20.7. The van der Waals surface area contributed by atoms with E-state index in [0.29, 0.717) is 20.7 Å². The van der Waals surface area contributed by atoms with Crippen molar-refractivity contribution in [1.82, 2.24) is 0 Å². The standard InChI is InChI=1S/C21H18ClN3O3S2/c1-13-18(20(27)28-3)29-21(24(13)16-9-5-4-6-10-16)25(23-19(30-21)14(2)26)17-11-7-8-15(22)12-17/h4-12H,1-3H3. The zero-order chi connectivity index (χ0) is 21.5. The number of carbonyl (C=O) groups is 2. The number of methoxy groups -OCH3 is 1. The molecule has 1 unspecified atom stereocenters. The Balaban J connectivity index is 1.92. The van der Waals surface area contributed by atoms with Gasteiger partial charge in [-0.1, -0.05) is 47.6 Å². The molecular weight excluding hydrogens is 442 g/mol. The lowest BCUT2D eigenvalue weighted by Crippen LogP contribution is -2.49. The predicted octanol–water partition coefficient (Wildman–Crippen LogP) is 5.06. The Bertz CT molecular complexity index is 1090. The molecule has 1 atom stereocenters. The molecule has 0 aliphatic carbocycles. The van der Waals surface area contributed by atoms with Crippen molar-refractivity contribution in [3.05, 3.63) is 70.2 Å². The minimum Gasteiger partial charge on any atom is -0.465 e. The van der Waals surface area contributed by atoms with Gasteiger partial charge in [-0.3, -0.25) is 4.79 Å². The highest BCUT2D eigenvalue weighted by molar-refractivity contribution is 8.29. The number of ketones is 1. The molecule has 0 saturated heterocycles. The van der Waals surface area contributed by atoms with Crippen LogP contribution in [0.2, 0.25) is 5.02 Å². The van der Waals surface area contributed by atoms with Gasteiger partial charge in [-0.15, -0.1) is 0 Å². The number of thioether (sulfide) groups is 2. The monoisotopic (exact) mass is 459 g/mol. The fraction of sp³-hybridized carbons (Fsp3) is 0.190. The number of hydrogen-bond acceptors (Lipinski definition) is 8. The molecule has 2 aromatic carbocycles. The van der Waals surface area contributed by atoms with E-state index >= 15 is 0 Å². The summed E-state index contributed by atoms with van der Waals surface area (Å²) in [6.45, 7) is 3.35. The van der Waals surface area contributed by atoms with Crippen molar-refractivity contribution in [1.29, 1.82) is 0 Å². The number of allylic oxidation sites excluding steroid dienone is 1. The van der Waals surface area contributed by atoms with Crippen LogP contribution in [0.15, 0.2) is 70.3 Å². The highest BCUT2D eigenvalue weighted by atomic mass is 35.5. The minimum atomic E-state index is -0.958. The summed E-state index contributed by atoms with van der Waals surface area (Å²) in [4.78, 5) is 27.3. The molecule has 0 saturated carbocycles. The molecule has 0 amide bonds. The van der Waals surface area contributed by atoms with Crippen LogP contribution in [0, 0.1) is 0 Å². The van der Waals surface area contributed by atoms with Crippen LogP contribution in [0.3, 0.4) is 0 Å². The van der Waals surface area contributed by atoms with Gasteiger partial charge in [0.25, 0.3) is 0 Å². The van der Waals surface area contributed by atoms with Gasteiger partial charge in [0.05, 0.1) is 12.8 Å². The van der Waals surface area contributed by atoms with Gasteiger partial charge in [-0.2, -0.15) is 5.10 Å². The van der Waals surface area contributed by atoms with Gasteiger partial charge in [0.2, 0.25) is 4.33 Å². The summed E-state index contributed by atoms with van der Waals surface area (Å²) >= 11 is 8.85. The third-order valence-corrected chi connectivity index (χ3v) is 7.82. The van der Waals surface area contributed by atoms with Gasteiger partial charge in [-0.25, -0.2) is 9.80 Å². The summed E-state index contributed by atoms with van der Waals surface area (Å²) in [5.74, 6) is -0.583. The molecule has 0 aromatic heterocycles. The number of Topliss-reactive ketones (excluding diaryl/α,β-unsaturated/α-hetero) is 1. The van der Waals surface area contributed by atoms with Gasteiger partial charge in [0.1, 0.15) is 4.91 Å². The van der Waals surface area contributed by atoms with Crippen LogP contribution in [0.1, 0.15) is 13.8 Å². The molecule has 1 spiro atoms. The first kappa shape index (κ1) is 20.8. The van der Waals surface area contributed by atoms with E-state index < -0.39 is 10.3 Å². The van der Waals surface area contributed by atoms with Crippen LogP contribution in [0.25, 0.3) is 0 Å². The smallest absolute Gasteiger partial charge is 0.346 e. The Morgan fingerprint density at radius 3 is 2.40 bits per heavy atom. The van der Waals surface area contributed by atoms with Gasteiger partial charge in [-0.05, 0) is 49.0 Å².